The Labute approximate surface area is 272 Å². The van der Waals surface area contributed by atoms with Gasteiger partial charge in [-0.05, 0) is 88.9 Å². The number of carbonyl (C=O) groups is 1. The Balaban J connectivity index is 1.34. The minimum Gasteiger partial charge on any atom is -0.488 e. The van der Waals surface area contributed by atoms with Gasteiger partial charge in [-0.25, -0.2) is 4.99 Å². The molecule has 2 heterocycles. The molecular weight excluding hydrogens is 648 g/mol. The predicted octanol–water partition coefficient (Wildman–Crippen LogP) is 6.40. The first kappa shape index (κ1) is 30.0. The molecule has 0 fully saturated rings. The van der Waals surface area contributed by atoms with E-state index < -0.39 is 6.04 Å². The van der Waals surface area contributed by atoms with Crippen molar-refractivity contribution >= 4 is 44.9 Å². The maximum absolute atomic E-state index is 14.0. The van der Waals surface area contributed by atoms with E-state index in [-0.39, 0.29) is 11.5 Å². The summed E-state index contributed by atoms with van der Waals surface area (Å²) < 4.78 is 8.85. The number of fused-ring (bicyclic) bond motifs is 1. The highest BCUT2D eigenvalue weighted by Gasteiger charge is 2.32. The van der Waals surface area contributed by atoms with Gasteiger partial charge in [0.1, 0.15) is 12.4 Å². The Hall–Kier alpha value is -5.04. The van der Waals surface area contributed by atoms with E-state index in [0.717, 1.165) is 26.7 Å². The van der Waals surface area contributed by atoms with Gasteiger partial charge in [0, 0.05) is 5.69 Å². The van der Waals surface area contributed by atoms with Crippen LogP contribution in [0, 0.1) is 18.3 Å². The maximum Gasteiger partial charge on any atom is 0.271 e. The first-order valence-corrected chi connectivity index (χ1v) is 15.8. The average Bonchev–Trinajstić information content (AvgIpc) is 3.34. The van der Waals surface area contributed by atoms with Gasteiger partial charge in [0.05, 0.1) is 37.9 Å². The fraction of sp³-hybridized carbons (Fsp3) is 0.111. The lowest BCUT2D eigenvalue weighted by molar-refractivity contribution is -0.113. The molecule has 0 radical (unpaired) electrons. The Morgan fingerprint density at radius 1 is 1.04 bits per heavy atom. The third kappa shape index (κ3) is 6.43. The van der Waals surface area contributed by atoms with Crippen LogP contribution in [0.4, 0.5) is 5.69 Å². The predicted molar refractivity (Wildman–Crippen MR) is 180 cm³/mol. The van der Waals surface area contributed by atoms with Gasteiger partial charge in [0.2, 0.25) is 0 Å². The zero-order valence-corrected chi connectivity index (χ0v) is 26.9. The molecule has 1 amide bonds. The smallest absolute Gasteiger partial charge is 0.271 e. The summed E-state index contributed by atoms with van der Waals surface area (Å²) >= 11 is 4.89. The molecule has 0 bridgehead atoms. The molecule has 6 rings (SSSR count). The maximum atomic E-state index is 14.0. The van der Waals surface area contributed by atoms with Crippen LogP contribution in [0.5, 0.6) is 5.75 Å². The van der Waals surface area contributed by atoms with Crippen LogP contribution >= 0.6 is 27.3 Å². The second-order valence-electron chi connectivity index (χ2n) is 10.6. The van der Waals surface area contributed by atoms with Crippen LogP contribution in [0.3, 0.4) is 0 Å². The molecule has 5 aromatic rings. The Morgan fingerprint density at radius 3 is 2.47 bits per heavy atom. The first-order chi connectivity index (χ1) is 21.8. The summed E-state index contributed by atoms with van der Waals surface area (Å²) in [6, 6.07) is 31.5. The number of thiazole rings is 1. The van der Waals surface area contributed by atoms with Crippen LogP contribution in [-0.2, 0) is 11.4 Å². The monoisotopic (exact) mass is 674 g/mol. The SMILES string of the molecule is CC1=C(C(=O)Nc2ccccc2)[C@H](c2ccc(C)cc2)n2c(s/c(=C\c3ccc(OCc4ccc(C#N)cc4)c(Br)c3)c2=O)=N1. The zero-order chi connectivity index (χ0) is 31.5. The van der Waals surface area contributed by atoms with Gasteiger partial charge in [-0.15, -0.1) is 0 Å². The van der Waals surface area contributed by atoms with E-state index in [1.165, 1.54) is 11.3 Å². The molecule has 0 spiro atoms. The zero-order valence-electron chi connectivity index (χ0n) is 24.5. The number of hydrogen-bond donors (Lipinski definition) is 1. The van der Waals surface area contributed by atoms with Crippen molar-refractivity contribution < 1.29 is 9.53 Å². The van der Waals surface area contributed by atoms with Crippen molar-refractivity contribution in [2.24, 2.45) is 4.99 Å². The lowest BCUT2D eigenvalue weighted by Crippen LogP contribution is -2.40. The van der Waals surface area contributed by atoms with E-state index in [2.05, 4.69) is 27.3 Å². The Morgan fingerprint density at radius 2 is 1.78 bits per heavy atom. The molecule has 4 aromatic carbocycles. The summed E-state index contributed by atoms with van der Waals surface area (Å²) in [4.78, 5) is 33.0. The molecule has 1 N–H and O–H groups in total. The van der Waals surface area contributed by atoms with Crippen molar-refractivity contribution in [3.63, 3.8) is 0 Å². The van der Waals surface area contributed by atoms with Crippen LogP contribution in [0.2, 0.25) is 0 Å². The standard InChI is InChI=1S/C36H27BrN4O3S/c1-22-8-15-27(16-9-22)33-32(34(42)40-28-6-4-3-5-7-28)23(2)39-36-41(33)35(43)31(45-36)19-26-14-17-30(29(37)18-26)44-21-25-12-10-24(20-38)11-13-25/h3-19,33H,21H2,1-2H3,(H,40,42)/b31-19-/t33-/m0/s1. The van der Waals surface area contributed by atoms with Gasteiger partial charge in [-0.3, -0.25) is 14.2 Å². The van der Waals surface area contributed by atoms with E-state index in [4.69, 9.17) is 15.0 Å². The number of nitrogens with zero attached hydrogens (tertiary/aromatic N) is 3. The number of ether oxygens (including phenoxy) is 1. The Kier molecular flexibility index (Phi) is 8.60. The van der Waals surface area contributed by atoms with Crippen molar-refractivity contribution in [2.75, 3.05) is 5.32 Å². The molecule has 222 valence electrons. The largest absolute Gasteiger partial charge is 0.488 e. The highest BCUT2D eigenvalue weighted by molar-refractivity contribution is 9.10. The third-order valence-corrected chi connectivity index (χ3v) is 9.02. The van der Waals surface area contributed by atoms with Gasteiger partial charge in [0.15, 0.2) is 4.80 Å². The second kappa shape index (κ2) is 12.9. The van der Waals surface area contributed by atoms with Gasteiger partial charge < -0.3 is 10.1 Å². The summed E-state index contributed by atoms with van der Waals surface area (Å²) in [6.07, 6.45) is 1.83. The number of halogens is 1. The molecule has 7 nitrogen and oxygen atoms in total. The second-order valence-corrected chi connectivity index (χ2v) is 12.5. The number of hydrogen-bond acceptors (Lipinski definition) is 6. The highest BCUT2D eigenvalue weighted by Crippen LogP contribution is 2.31. The summed E-state index contributed by atoms with van der Waals surface area (Å²) in [5.74, 6) is 0.352. The topological polar surface area (TPSA) is 96.5 Å². The lowest BCUT2D eigenvalue weighted by atomic mass is 9.94. The number of rotatable bonds is 7. The van der Waals surface area contributed by atoms with Gasteiger partial charge in [-0.2, -0.15) is 5.26 Å². The van der Waals surface area contributed by atoms with Crippen LogP contribution in [0.1, 0.15) is 40.8 Å². The number of carbonyl (C=O) groups excluding carboxylic acids is 1. The van der Waals surface area contributed by atoms with Gasteiger partial charge in [0.25, 0.3) is 11.5 Å². The molecule has 0 saturated heterocycles. The van der Waals surface area contributed by atoms with Gasteiger partial charge in [-0.1, -0.05) is 77.6 Å². The number of para-hydroxylation sites is 1. The molecule has 9 heteroatoms. The van der Waals surface area contributed by atoms with Crippen molar-refractivity contribution in [1.29, 1.82) is 5.26 Å². The molecule has 0 aliphatic carbocycles. The van der Waals surface area contributed by atoms with E-state index in [1.54, 1.807) is 16.7 Å². The Bertz CT molecular complexity index is 2160. The number of benzene rings is 4. The average molecular weight is 676 g/mol. The molecule has 1 aliphatic rings. The van der Waals surface area contributed by atoms with Crippen LogP contribution in [-0.4, -0.2) is 10.5 Å². The van der Waals surface area contributed by atoms with Gasteiger partial charge >= 0.3 is 0 Å². The number of aryl methyl sites for hydroxylation is 1. The number of nitriles is 1. The quantitative estimate of drug-likeness (QED) is 0.216. The highest BCUT2D eigenvalue weighted by atomic mass is 79.9. The van der Waals surface area contributed by atoms with E-state index >= 15 is 0 Å². The fourth-order valence-electron chi connectivity index (χ4n) is 5.11. The first-order valence-electron chi connectivity index (χ1n) is 14.2. The minimum atomic E-state index is -0.641. The van der Waals surface area contributed by atoms with Crippen molar-refractivity contribution in [3.8, 4) is 11.8 Å². The van der Waals surface area contributed by atoms with E-state index in [1.807, 2.05) is 105 Å². The van der Waals surface area contributed by atoms with Crippen molar-refractivity contribution in [3.05, 3.63) is 160 Å². The number of allylic oxidation sites excluding steroid dienone is 1. The van der Waals surface area contributed by atoms with E-state index in [9.17, 15) is 9.59 Å². The molecule has 0 saturated carbocycles. The fourth-order valence-corrected chi connectivity index (χ4v) is 6.67. The summed E-state index contributed by atoms with van der Waals surface area (Å²) in [5, 5.41) is 12.0. The molecule has 0 unspecified atom stereocenters. The van der Waals surface area contributed by atoms with Crippen molar-refractivity contribution in [2.45, 2.75) is 26.5 Å². The normalized spacial score (nSPS) is 14.4. The molecule has 1 aromatic heterocycles. The van der Waals surface area contributed by atoms with Crippen LogP contribution < -0.4 is 24.9 Å². The molecule has 1 atom stereocenters. The molecule has 45 heavy (non-hydrogen) atoms. The van der Waals surface area contributed by atoms with E-state index in [0.29, 0.717) is 44.2 Å². The van der Waals surface area contributed by atoms with Crippen molar-refractivity contribution in [1.82, 2.24) is 4.57 Å². The number of anilines is 1. The van der Waals surface area contributed by atoms with Crippen LogP contribution in [0.25, 0.3) is 6.08 Å². The third-order valence-electron chi connectivity index (χ3n) is 7.42. The van der Waals surface area contributed by atoms with Crippen LogP contribution in [0.15, 0.2) is 123 Å². The number of amides is 1. The number of aromatic nitrogens is 1. The molecular formula is C36H27BrN4O3S. The lowest BCUT2D eigenvalue weighted by Gasteiger charge is -2.25. The number of nitrogens with one attached hydrogen (secondary N) is 1. The summed E-state index contributed by atoms with van der Waals surface area (Å²) in [5.41, 5.74) is 5.69. The summed E-state index contributed by atoms with van der Waals surface area (Å²) in [6.45, 7) is 4.16. The molecule has 1 aliphatic heterocycles. The minimum absolute atomic E-state index is 0.223. The summed E-state index contributed by atoms with van der Waals surface area (Å²) in [7, 11) is 0.